The van der Waals surface area contributed by atoms with Gasteiger partial charge in [-0.05, 0) is 25.1 Å². The van der Waals surface area contributed by atoms with Crippen molar-refractivity contribution in [3.8, 4) is 0 Å². The van der Waals surface area contributed by atoms with Gasteiger partial charge in [0.05, 0.1) is 12.1 Å². The Balaban J connectivity index is 1.88. The average molecular weight is 259 g/mol. The molecule has 1 aromatic carbocycles. The molecular weight excluding hydrogens is 246 g/mol. The molecule has 19 heavy (non-hydrogen) atoms. The molecule has 0 aliphatic carbocycles. The third-order valence-electron chi connectivity index (χ3n) is 3.03. The van der Waals surface area contributed by atoms with Gasteiger partial charge in [0.25, 0.3) is 5.56 Å². The first-order valence-electron chi connectivity index (χ1n) is 6.07. The summed E-state index contributed by atoms with van der Waals surface area (Å²) in [5, 5.41) is 5.71. The number of carbonyl (C=O) groups excluding carboxylic acids is 1. The number of para-hydroxylation sites is 1. The second kappa shape index (κ2) is 4.74. The van der Waals surface area contributed by atoms with E-state index < -0.39 is 6.03 Å². The summed E-state index contributed by atoms with van der Waals surface area (Å²) in [5.41, 5.74) is 0.832. The maximum Gasteiger partial charge on any atom is 0.362 e. The number of amides is 1. The minimum atomic E-state index is -0.578. The first-order chi connectivity index (χ1) is 9.25. The Morgan fingerprint density at radius 1 is 1.32 bits per heavy atom. The molecule has 1 aromatic heterocycles. The molecule has 0 saturated carbocycles. The Kier molecular flexibility index (Phi) is 2.92. The minimum absolute atomic E-state index is 0.370. The monoisotopic (exact) mass is 259 g/mol. The van der Waals surface area contributed by atoms with Crippen molar-refractivity contribution in [1.82, 2.24) is 10.1 Å². The second-order valence-electron chi connectivity index (χ2n) is 4.32. The zero-order valence-electron chi connectivity index (χ0n) is 10.2. The van der Waals surface area contributed by atoms with Gasteiger partial charge in [-0.1, -0.05) is 22.9 Å². The van der Waals surface area contributed by atoms with Crippen LogP contribution in [0.15, 0.2) is 39.6 Å². The van der Waals surface area contributed by atoms with E-state index >= 15 is 0 Å². The van der Waals surface area contributed by atoms with Crippen LogP contribution in [-0.4, -0.2) is 17.3 Å². The molecule has 2 heterocycles. The van der Waals surface area contributed by atoms with Crippen LogP contribution in [0.1, 0.15) is 11.3 Å². The highest BCUT2D eigenvalue weighted by Gasteiger charge is 2.23. The summed E-state index contributed by atoms with van der Waals surface area (Å²) in [7, 11) is 0. The summed E-state index contributed by atoms with van der Waals surface area (Å²) < 4.78 is 6.08. The second-order valence-corrected chi connectivity index (χ2v) is 4.32. The number of nitrogens with one attached hydrogen (secondary N) is 2. The topological polar surface area (TPSA) is 76.3 Å². The lowest BCUT2D eigenvalue weighted by molar-refractivity contribution is 0.215. The highest BCUT2D eigenvalue weighted by molar-refractivity contribution is 5.90. The molecule has 98 valence electrons. The van der Waals surface area contributed by atoms with Gasteiger partial charge in [-0.25, -0.2) is 4.79 Å². The average Bonchev–Trinajstić information content (AvgIpc) is 2.78. The first-order valence-corrected chi connectivity index (χ1v) is 6.07. The van der Waals surface area contributed by atoms with Crippen molar-refractivity contribution in [2.24, 2.45) is 0 Å². The molecule has 1 aliphatic heterocycles. The van der Waals surface area contributed by atoms with Gasteiger partial charge in [0, 0.05) is 5.69 Å². The highest BCUT2D eigenvalue weighted by atomic mass is 16.5. The number of anilines is 1. The molecule has 0 fully saturated rings. The van der Waals surface area contributed by atoms with Crippen LogP contribution in [-0.2, 0) is 13.0 Å². The minimum Gasteiger partial charge on any atom is -0.370 e. The lowest BCUT2D eigenvalue weighted by Gasteiger charge is -2.07. The summed E-state index contributed by atoms with van der Waals surface area (Å²) in [4.78, 5) is 24.0. The number of benzene rings is 1. The molecule has 2 N–H and O–H groups in total. The molecule has 0 saturated heterocycles. The Morgan fingerprint density at radius 3 is 2.84 bits per heavy atom. The van der Waals surface area contributed by atoms with Crippen molar-refractivity contribution in [2.75, 3.05) is 11.9 Å². The molecule has 6 heteroatoms. The predicted octanol–water partition coefficient (Wildman–Crippen LogP) is 1.17. The van der Waals surface area contributed by atoms with Crippen LogP contribution in [0.25, 0.3) is 0 Å². The summed E-state index contributed by atoms with van der Waals surface area (Å²) in [6.07, 6.45) is 0.587. The van der Waals surface area contributed by atoms with Crippen LogP contribution in [0.4, 0.5) is 10.5 Å². The van der Waals surface area contributed by atoms with Crippen molar-refractivity contribution < 1.29 is 9.32 Å². The third kappa shape index (κ3) is 2.17. The van der Waals surface area contributed by atoms with E-state index in [1.54, 1.807) is 24.3 Å². The Bertz CT molecular complexity index is 658. The smallest absolute Gasteiger partial charge is 0.362 e. The van der Waals surface area contributed by atoms with Crippen LogP contribution < -0.4 is 16.2 Å². The van der Waals surface area contributed by atoms with Gasteiger partial charge in [-0.2, -0.15) is 0 Å². The van der Waals surface area contributed by atoms with Crippen molar-refractivity contribution in [3.63, 3.8) is 0 Å². The number of fused-ring (bicyclic) bond motifs is 1. The van der Waals surface area contributed by atoms with Gasteiger partial charge in [0.15, 0.2) is 5.76 Å². The van der Waals surface area contributed by atoms with E-state index in [1.807, 2.05) is 6.07 Å². The van der Waals surface area contributed by atoms with E-state index in [0.717, 1.165) is 11.3 Å². The number of aromatic nitrogens is 1. The third-order valence-corrected chi connectivity index (χ3v) is 3.03. The van der Waals surface area contributed by atoms with E-state index in [2.05, 4.69) is 10.6 Å². The maximum absolute atomic E-state index is 12.0. The van der Waals surface area contributed by atoms with Crippen LogP contribution in [0, 0.1) is 0 Å². The maximum atomic E-state index is 12.0. The van der Waals surface area contributed by atoms with Crippen molar-refractivity contribution in [2.45, 2.75) is 13.0 Å². The van der Waals surface area contributed by atoms with Crippen LogP contribution in [0.2, 0.25) is 0 Å². The number of nitrogens with zero attached hydrogens (tertiary/aromatic N) is 1. The fourth-order valence-electron chi connectivity index (χ4n) is 2.08. The molecule has 6 nitrogen and oxygen atoms in total. The Labute approximate surface area is 109 Å². The summed E-state index contributed by atoms with van der Waals surface area (Å²) in [6, 6.07) is 8.36. The van der Waals surface area contributed by atoms with Crippen molar-refractivity contribution >= 4 is 11.7 Å². The number of hydrogen-bond donors (Lipinski definition) is 2. The van der Waals surface area contributed by atoms with E-state index in [4.69, 9.17) is 4.52 Å². The van der Waals surface area contributed by atoms with E-state index in [-0.39, 0.29) is 5.56 Å². The lowest BCUT2D eigenvalue weighted by atomic mass is 10.1. The summed E-state index contributed by atoms with van der Waals surface area (Å²) in [5.74, 6) is 0.541. The molecule has 1 amide bonds. The molecular formula is C13H13N3O3. The van der Waals surface area contributed by atoms with E-state index in [1.165, 1.54) is 0 Å². The van der Waals surface area contributed by atoms with Crippen molar-refractivity contribution in [3.05, 3.63) is 52.0 Å². The SMILES string of the molecule is O=C(Nc1ccccc1)n1oc2c(c1=O)CCNC2. The largest absolute Gasteiger partial charge is 0.370 e. The van der Waals surface area contributed by atoms with Crippen molar-refractivity contribution in [1.29, 1.82) is 0 Å². The number of hydrogen-bond acceptors (Lipinski definition) is 4. The van der Waals surface area contributed by atoms with Crippen LogP contribution in [0.5, 0.6) is 0 Å². The summed E-state index contributed by atoms with van der Waals surface area (Å²) >= 11 is 0. The molecule has 0 bridgehead atoms. The zero-order valence-corrected chi connectivity index (χ0v) is 10.2. The van der Waals surface area contributed by atoms with Gasteiger partial charge in [-0.3, -0.25) is 4.79 Å². The fourth-order valence-corrected chi connectivity index (χ4v) is 2.08. The lowest BCUT2D eigenvalue weighted by Crippen LogP contribution is -2.30. The molecule has 0 radical (unpaired) electrons. The van der Waals surface area contributed by atoms with Gasteiger partial charge in [0.1, 0.15) is 0 Å². The quantitative estimate of drug-likeness (QED) is 0.806. The van der Waals surface area contributed by atoms with E-state index in [0.29, 0.717) is 30.0 Å². The predicted molar refractivity (Wildman–Crippen MR) is 69.2 cm³/mol. The number of carbonyl (C=O) groups is 1. The first kappa shape index (κ1) is 11.7. The summed E-state index contributed by atoms with van der Waals surface area (Å²) in [6.45, 7) is 1.21. The van der Waals surface area contributed by atoms with Gasteiger partial charge in [0.2, 0.25) is 0 Å². The molecule has 2 aromatic rings. The van der Waals surface area contributed by atoms with E-state index in [9.17, 15) is 9.59 Å². The molecule has 3 rings (SSSR count). The van der Waals surface area contributed by atoms with Gasteiger partial charge in [-0.15, -0.1) is 0 Å². The molecule has 0 spiro atoms. The molecule has 0 atom stereocenters. The van der Waals surface area contributed by atoms with Gasteiger partial charge >= 0.3 is 6.03 Å². The highest BCUT2D eigenvalue weighted by Crippen LogP contribution is 2.11. The zero-order chi connectivity index (χ0) is 13.2. The number of rotatable bonds is 1. The molecule has 0 unspecified atom stereocenters. The standard InChI is InChI=1S/C13H13N3O3/c17-12-10-6-7-14-8-11(10)19-16(12)13(18)15-9-4-2-1-3-5-9/h1-5,14H,6-8H2,(H,15,18). The Hall–Kier alpha value is -2.34. The van der Waals surface area contributed by atoms with Crippen LogP contribution in [0.3, 0.4) is 0 Å². The van der Waals surface area contributed by atoms with Gasteiger partial charge < -0.3 is 15.2 Å². The van der Waals surface area contributed by atoms with Crippen LogP contribution >= 0.6 is 0 Å². The fraction of sp³-hybridized carbons (Fsp3) is 0.231. The Morgan fingerprint density at radius 2 is 2.11 bits per heavy atom. The normalized spacial score (nSPS) is 13.9. The molecule has 1 aliphatic rings.